The van der Waals surface area contributed by atoms with Crippen molar-refractivity contribution in [1.82, 2.24) is 15.5 Å². The number of carboxylic acid groups (broad SMARTS) is 1. The molecule has 0 aliphatic carbocycles. The third kappa shape index (κ3) is 9.20. The van der Waals surface area contributed by atoms with Gasteiger partial charge in [0.15, 0.2) is 5.82 Å². The molecule has 2 aromatic carbocycles. The summed E-state index contributed by atoms with van der Waals surface area (Å²) in [5, 5.41) is 17.9. The zero-order chi connectivity index (χ0) is 32.4. The first kappa shape index (κ1) is 33.4. The number of carbonyl (C=O) groups is 2. The van der Waals surface area contributed by atoms with Gasteiger partial charge in [0.1, 0.15) is 35.7 Å². The number of ether oxygens (including phenoxy) is 2. The van der Waals surface area contributed by atoms with Gasteiger partial charge in [0.2, 0.25) is 0 Å². The van der Waals surface area contributed by atoms with Crippen LogP contribution in [-0.4, -0.2) is 66.9 Å². The normalized spacial score (nSPS) is 12.8. The number of carboxylic acids is 1. The summed E-state index contributed by atoms with van der Waals surface area (Å²) in [7, 11) is -5.09. The lowest BCUT2D eigenvalue weighted by Crippen LogP contribution is -2.21. The number of hydrogen-bond donors (Lipinski definition) is 6. The Morgan fingerprint density at radius 1 is 1.18 bits per heavy atom. The van der Waals surface area contributed by atoms with Crippen LogP contribution in [0, 0.1) is 5.82 Å². The fourth-order valence-corrected chi connectivity index (χ4v) is 4.15. The van der Waals surface area contributed by atoms with Crippen molar-refractivity contribution in [3.63, 3.8) is 0 Å². The van der Waals surface area contributed by atoms with Crippen LogP contribution in [0.1, 0.15) is 28.9 Å². The van der Waals surface area contributed by atoms with E-state index in [2.05, 4.69) is 20.5 Å². The van der Waals surface area contributed by atoms with Gasteiger partial charge >= 0.3 is 11.7 Å². The monoisotopic (exact) mass is 639 g/mol. The average Bonchev–Trinajstić information content (AvgIpc) is 3.37. The number of rotatable bonds is 16. The summed E-state index contributed by atoms with van der Waals surface area (Å²) in [5.74, 6) is -6.79. The van der Waals surface area contributed by atoms with Crippen LogP contribution in [0.5, 0.6) is 5.75 Å². The highest BCUT2D eigenvalue weighted by Gasteiger charge is 2.27. The van der Waals surface area contributed by atoms with Crippen LogP contribution in [0.4, 0.5) is 24.7 Å². The fraction of sp³-hybridized carbons (Fsp3) is 0.231. The number of amides is 1. The molecule has 0 saturated heterocycles. The summed E-state index contributed by atoms with van der Waals surface area (Å²) in [6, 6.07) is 8.93. The number of nitrogens with two attached hydrogens (primary N) is 2. The van der Waals surface area contributed by atoms with Gasteiger partial charge in [-0.3, -0.25) is 14.6 Å². The van der Waals surface area contributed by atoms with Gasteiger partial charge in [-0.2, -0.15) is 13.9 Å². The summed E-state index contributed by atoms with van der Waals surface area (Å²) >= 11 is 0. The highest BCUT2D eigenvalue weighted by atomic mass is 32.2. The lowest BCUT2D eigenvalue weighted by atomic mass is 10.1. The molecule has 14 nitrogen and oxygen atoms in total. The second kappa shape index (κ2) is 14.9. The molecule has 0 aliphatic rings. The molecular formula is C26H28F3N7O7S. The minimum absolute atomic E-state index is 0.0317. The van der Waals surface area contributed by atoms with Crippen LogP contribution in [0.25, 0.3) is 11.3 Å². The van der Waals surface area contributed by atoms with Crippen molar-refractivity contribution < 1.29 is 45.8 Å². The van der Waals surface area contributed by atoms with Crippen molar-refractivity contribution in [2.24, 2.45) is 16.5 Å². The molecule has 44 heavy (non-hydrogen) atoms. The van der Waals surface area contributed by atoms with Crippen LogP contribution in [0.3, 0.4) is 0 Å². The van der Waals surface area contributed by atoms with Gasteiger partial charge in [-0.05, 0) is 42.8 Å². The Hall–Kier alpha value is -5.10. The Morgan fingerprint density at radius 2 is 1.89 bits per heavy atom. The summed E-state index contributed by atoms with van der Waals surface area (Å²) in [5.41, 5.74) is 11.6. The number of H-pyrrole nitrogens is 1. The quantitative estimate of drug-likeness (QED) is 0.0763. The van der Waals surface area contributed by atoms with Gasteiger partial charge < -0.3 is 31.4 Å². The number of nitrogens with one attached hydrogen (secondary N) is 3. The molecule has 0 aliphatic heterocycles. The summed E-state index contributed by atoms with van der Waals surface area (Å²) in [6.45, 7) is 1.50. The van der Waals surface area contributed by atoms with E-state index in [9.17, 15) is 31.2 Å². The zero-order valence-electron chi connectivity index (χ0n) is 23.0. The molecule has 1 aromatic heterocycles. The molecule has 0 spiro atoms. The second-order valence-corrected chi connectivity index (χ2v) is 10.5. The highest BCUT2D eigenvalue weighted by molar-refractivity contribution is 7.93. The maximum atomic E-state index is 13.4. The van der Waals surface area contributed by atoms with E-state index in [-0.39, 0.29) is 53.1 Å². The van der Waals surface area contributed by atoms with Gasteiger partial charge in [-0.15, -0.1) is 0 Å². The van der Waals surface area contributed by atoms with Crippen molar-refractivity contribution in [2.75, 3.05) is 24.5 Å². The Labute approximate surface area is 249 Å². The fourth-order valence-electron chi connectivity index (χ4n) is 3.58. The number of primary amides is 1. The van der Waals surface area contributed by atoms with Gasteiger partial charge in [0, 0.05) is 18.3 Å². The molecule has 3 aromatic rings. The topological polar surface area (TPSA) is 224 Å². The maximum absolute atomic E-state index is 13.4. The summed E-state index contributed by atoms with van der Waals surface area (Å²) in [4.78, 5) is 26.9. The van der Waals surface area contributed by atoms with E-state index in [1.54, 1.807) is 11.6 Å². The first-order chi connectivity index (χ1) is 20.8. The molecule has 236 valence electrons. The van der Waals surface area contributed by atoms with E-state index < -0.39 is 46.2 Å². The van der Waals surface area contributed by atoms with Gasteiger partial charge in [-0.25, -0.2) is 22.6 Å². The number of aliphatic imine (C=N–C) groups is 1. The molecule has 18 heteroatoms. The van der Waals surface area contributed by atoms with E-state index in [0.29, 0.717) is 5.56 Å². The van der Waals surface area contributed by atoms with Crippen LogP contribution in [0.2, 0.25) is 0 Å². The molecule has 0 unspecified atom stereocenters. The van der Waals surface area contributed by atoms with E-state index in [0.717, 1.165) is 6.07 Å². The minimum atomic E-state index is -5.09. The van der Waals surface area contributed by atoms with E-state index in [1.807, 2.05) is 0 Å². The Bertz CT molecular complexity index is 1650. The highest BCUT2D eigenvalue weighted by Crippen LogP contribution is 2.37. The van der Waals surface area contributed by atoms with E-state index in [4.69, 9.17) is 26.0 Å². The maximum Gasteiger partial charge on any atom is 0.355 e. The molecule has 0 fully saturated rings. The van der Waals surface area contributed by atoms with Crippen LogP contribution >= 0.6 is 0 Å². The number of aliphatic carboxylic acids is 1. The van der Waals surface area contributed by atoms with Crippen molar-refractivity contribution in [3.05, 3.63) is 71.7 Å². The SMILES string of the molecule is C[C@H](Oc1cc(-c2[nH]nc(N=C(N)/C=C\NCCOCC(=O)O)c2C(N)=O)ccc1NS(=O)(=O)C(F)F)c1ccc(F)cc1. The third-order valence-corrected chi connectivity index (χ3v) is 6.59. The third-order valence-electron chi connectivity index (χ3n) is 5.62. The van der Waals surface area contributed by atoms with Crippen molar-refractivity contribution >= 4 is 39.2 Å². The van der Waals surface area contributed by atoms with Gasteiger partial charge in [-0.1, -0.05) is 18.2 Å². The smallest absolute Gasteiger partial charge is 0.355 e. The number of aromatic nitrogens is 2. The van der Waals surface area contributed by atoms with Crippen molar-refractivity contribution in [1.29, 1.82) is 0 Å². The Balaban J connectivity index is 1.92. The number of amidine groups is 1. The first-order valence-electron chi connectivity index (χ1n) is 12.6. The number of aromatic amines is 1. The molecule has 1 amide bonds. The largest absolute Gasteiger partial charge is 0.484 e. The molecule has 3 rings (SSSR count). The summed E-state index contributed by atoms with van der Waals surface area (Å²) in [6.07, 6.45) is 1.94. The molecule has 1 heterocycles. The van der Waals surface area contributed by atoms with Crippen molar-refractivity contribution in [2.45, 2.75) is 18.8 Å². The predicted molar refractivity (Wildman–Crippen MR) is 153 cm³/mol. The minimum Gasteiger partial charge on any atom is -0.484 e. The van der Waals surface area contributed by atoms with Gasteiger partial charge in [0.25, 0.3) is 15.9 Å². The van der Waals surface area contributed by atoms with Gasteiger partial charge in [0.05, 0.1) is 18.0 Å². The Morgan fingerprint density at radius 3 is 2.52 bits per heavy atom. The molecule has 8 N–H and O–H groups in total. The van der Waals surface area contributed by atoms with Crippen LogP contribution in [-0.2, 0) is 19.6 Å². The number of anilines is 1. The molecule has 0 saturated carbocycles. The number of halogens is 3. The molecule has 0 bridgehead atoms. The van der Waals surface area contributed by atoms with Crippen LogP contribution in [0.15, 0.2) is 59.7 Å². The number of benzene rings is 2. The summed E-state index contributed by atoms with van der Waals surface area (Å²) < 4.78 is 76.0. The van der Waals surface area contributed by atoms with E-state index in [1.165, 1.54) is 48.7 Å². The number of nitrogens with zero attached hydrogens (tertiary/aromatic N) is 2. The van der Waals surface area contributed by atoms with Crippen LogP contribution < -0.4 is 26.2 Å². The van der Waals surface area contributed by atoms with E-state index >= 15 is 0 Å². The number of sulfonamides is 1. The Kier molecular flexibility index (Phi) is 11.3. The lowest BCUT2D eigenvalue weighted by Gasteiger charge is -2.19. The molecular weight excluding hydrogens is 611 g/mol. The van der Waals surface area contributed by atoms with Crippen molar-refractivity contribution in [3.8, 4) is 17.0 Å². The standard InChI is InChI=1S/C26H28F3N7O7S/c1-14(15-2-5-17(27)6-3-15)43-19-12-16(4-7-18(19)36-44(40,41)26(28)29)23-22(24(31)39)25(35-34-23)33-20(30)8-9-32-10-11-42-13-21(37)38/h2-9,12,14,26,32,36H,10-11,13H2,1H3,(H2,31,39)(H,37,38)(H3,30,33,34,35)/b9-8-/t14-/m0/s1. The lowest BCUT2D eigenvalue weighted by molar-refractivity contribution is -0.142. The average molecular weight is 640 g/mol. The molecule has 1 atom stereocenters. The first-order valence-corrected chi connectivity index (χ1v) is 14.1. The zero-order valence-corrected chi connectivity index (χ0v) is 23.8. The number of carbonyl (C=O) groups excluding carboxylic acids is 1. The number of alkyl halides is 2. The number of hydrogen-bond acceptors (Lipinski definition) is 9. The predicted octanol–water partition coefficient (Wildman–Crippen LogP) is 2.61. The second-order valence-electron chi connectivity index (χ2n) is 8.86. The molecule has 0 radical (unpaired) electrons.